The Morgan fingerprint density at radius 2 is 2.24 bits per heavy atom. The van der Waals surface area contributed by atoms with Gasteiger partial charge in [-0.1, -0.05) is 0 Å². The summed E-state index contributed by atoms with van der Waals surface area (Å²) in [6, 6.07) is 3.91. The summed E-state index contributed by atoms with van der Waals surface area (Å²) in [5.41, 5.74) is 3.11. The molecule has 1 saturated heterocycles. The molecule has 1 unspecified atom stereocenters. The van der Waals surface area contributed by atoms with E-state index in [9.17, 15) is 4.79 Å². The predicted molar refractivity (Wildman–Crippen MR) is 93.3 cm³/mol. The molecule has 2 aliphatic heterocycles. The van der Waals surface area contributed by atoms with Crippen molar-refractivity contribution in [3.63, 3.8) is 0 Å². The molecule has 3 rings (SSSR count). The van der Waals surface area contributed by atoms with E-state index >= 15 is 0 Å². The van der Waals surface area contributed by atoms with Crippen LogP contribution < -0.4 is 15.5 Å². The van der Waals surface area contributed by atoms with Crippen molar-refractivity contribution in [1.29, 1.82) is 0 Å². The molecule has 0 radical (unpaired) electrons. The Balaban J connectivity index is 1.95. The maximum atomic E-state index is 12.0. The van der Waals surface area contributed by atoms with Crippen LogP contribution in [-0.2, 0) is 4.79 Å². The van der Waals surface area contributed by atoms with Crippen LogP contribution in [-0.4, -0.2) is 36.5 Å². The fraction of sp³-hybridized carbons (Fsp3) is 0.533. The molecule has 0 spiro atoms. The van der Waals surface area contributed by atoms with Gasteiger partial charge in [0.2, 0.25) is 5.91 Å². The van der Waals surface area contributed by atoms with Gasteiger partial charge in [0.1, 0.15) is 6.04 Å². The highest BCUT2D eigenvalue weighted by molar-refractivity contribution is 9.10. The van der Waals surface area contributed by atoms with Crippen LogP contribution in [0.2, 0.25) is 0 Å². The lowest BCUT2D eigenvalue weighted by molar-refractivity contribution is -0.117. The summed E-state index contributed by atoms with van der Waals surface area (Å²) < 4.78 is 1.31. The molecule has 0 bridgehead atoms. The molecule has 1 aromatic rings. The number of thioether (sulfide) groups is 1. The standard InChI is InChI=1S/C15H20BrN3OS/c1-15(2)8-19(4-5-21-15)12-7-11-9(6-10(12)16)13(17-3)14(20)18-11/h6-7,13,17H,4-5,8H2,1-3H3,(H,18,20). The van der Waals surface area contributed by atoms with E-state index in [1.54, 1.807) is 0 Å². The van der Waals surface area contributed by atoms with Crippen LogP contribution in [0.15, 0.2) is 16.6 Å². The minimum absolute atomic E-state index is 0.0195. The number of halogens is 1. The van der Waals surface area contributed by atoms with Gasteiger partial charge in [-0.05, 0) is 49.0 Å². The predicted octanol–water partition coefficient (Wildman–Crippen LogP) is 2.99. The van der Waals surface area contributed by atoms with Crippen molar-refractivity contribution in [2.45, 2.75) is 24.6 Å². The number of nitrogens with zero attached hydrogens (tertiary/aromatic N) is 1. The lowest BCUT2D eigenvalue weighted by Crippen LogP contribution is -2.43. The van der Waals surface area contributed by atoms with Crippen LogP contribution in [0.25, 0.3) is 0 Å². The van der Waals surface area contributed by atoms with E-state index in [4.69, 9.17) is 0 Å². The van der Waals surface area contributed by atoms with Crippen LogP contribution in [0.1, 0.15) is 25.5 Å². The van der Waals surface area contributed by atoms with Crippen LogP contribution in [0, 0.1) is 0 Å². The second-order valence-electron chi connectivity index (χ2n) is 6.13. The lowest BCUT2D eigenvalue weighted by Gasteiger charge is -2.39. The molecule has 2 N–H and O–H groups in total. The second-order valence-corrected chi connectivity index (χ2v) is 8.79. The summed E-state index contributed by atoms with van der Waals surface area (Å²) in [4.78, 5) is 14.4. The minimum atomic E-state index is -0.251. The van der Waals surface area contributed by atoms with Gasteiger partial charge in [-0.3, -0.25) is 4.79 Å². The molecule has 2 heterocycles. The maximum Gasteiger partial charge on any atom is 0.246 e. The number of anilines is 2. The monoisotopic (exact) mass is 369 g/mol. The third kappa shape index (κ3) is 2.81. The highest BCUT2D eigenvalue weighted by atomic mass is 79.9. The summed E-state index contributed by atoms with van der Waals surface area (Å²) in [7, 11) is 1.81. The molecule has 1 fully saturated rings. The van der Waals surface area contributed by atoms with Crippen molar-refractivity contribution in [3.8, 4) is 0 Å². The van der Waals surface area contributed by atoms with Gasteiger partial charge >= 0.3 is 0 Å². The van der Waals surface area contributed by atoms with Crippen molar-refractivity contribution < 1.29 is 4.79 Å². The van der Waals surface area contributed by atoms with E-state index in [1.807, 2.05) is 18.8 Å². The molecule has 1 atom stereocenters. The van der Waals surface area contributed by atoms with Crippen molar-refractivity contribution >= 4 is 45.0 Å². The quantitative estimate of drug-likeness (QED) is 0.840. The Hall–Kier alpha value is -0.720. The zero-order chi connectivity index (χ0) is 15.2. The second kappa shape index (κ2) is 5.48. The summed E-state index contributed by atoms with van der Waals surface area (Å²) in [5, 5.41) is 6.03. The average molecular weight is 370 g/mol. The first kappa shape index (κ1) is 15.2. The number of fused-ring (bicyclic) bond motifs is 1. The smallest absolute Gasteiger partial charge is 0.246 e. The molecule has 114 valence electrons. The summed E-state index contributed by atoms with van der Waals surface area (Å²) in [5.74, 6) is 1.15. The molecule has 1 aromatic carbocycles. The van der Waals surface area contributed by atoms with Crippen molar-refractivity contribution in [2.75, 3.05) is 36.1 Å². The van der Waals surface area contributed by atoms with E-state index in [-0.39, 0.29) is 16.7 Å². The van der Waals surface area contributed by atoms with Crippen molar-refractivity contribution in [1.82, 2.24) is 5.32 Å². The fourth-order valence-electron chi connectivity index (χ4n) is 3.02. The number of hydrogen-bond donors (Lipinski definition) is 2. The Kier molecular flexibility index (Phi) is 3.96. The number of amides is 1. The topological polar surface area (TPSA) is 44.4 Å². The van der Waals surface area contributed by atoms with Gasteiger partial charge in [0.15, 0.2) is 0 Å². The number of carbonyl (C=O) groups is 1. The third-order valence-electron chi connectivity index (χ3n) is 4.01. The van der Waals surface area contributed by atoms with Gasteiger partial charge in [0.05, 0.1) is 5.69 Å². The molecule has 6 heteroatoms. The molecule has 2 aliphatic rings. The molecular formula is C15H20BrN3OS. The van der Waals surface area contributed by atoms with E-state index in [1.165, 1.54) is 5.69 Å². The molecule has 21 heavy (non-hydrogen) atoms. The molecule has 0 aliphatic carbocycles. The maximum absolute atomic E-state index is 12.0. The number of nitrogens with one attached hydrogen (secondary N) is 2. The number of carbonyl (C=O) groups excluding carboxylic acids is 1. The van der Waals surface area contributed by atoms with Gasteiger partial charge in [0, 0.05) is 39.3 Å². The Morgan fingerprint density at radius 1 is 1.48 bits per heavy atom. The Labute approximate surface area is 138 Å². The van der Waals surface area contributed by atoms with Gasteiger partial charge in [-0.15, -0.1) is 0 Å². The largest absolute Gasteiger partial charge is 0.368 e. The first-order valence-electron chi connectivity index (χ1n) is 7.12. The summed E-state index contributed by atoms with van der Waals surface area (Å²) in [6.07, 6.45) is 0. The number of rotatable bonds is 2. The Morgan fingerprint density at radius 3 is 2.90 bits per heavy atom. The molecular weight excluding hydrogens is 350 g/mol. The van der Waals surface area contributed by atoms with E-state index in [0.717, 1.165) is 34.6 Å². The number of likely N-dealkylation sites (N-methyl/N-ethyl adjacent to an activating group) is 1. The molecule has 4 nitrogen and oxygen atoms in total. The molecule has 0 aromatic heterocycles. The lowest BCUT2D eigenvalue weighted by atomic mass is 10.1. The van der Waals surface area contributed by atoms with Crippen LogP contribution in [0.4, 0.5) is 11.4 Å². The zero-order valence-corrected chi connectivity index (χ0v) is 14.9. The van der Waals surface area contributed by atoms with Crippen molar-refractivity contribution in [2.24, 2.45) is 0 Å². The Bertz CT molecular complexity index is 591. The summed E-state index contributed by atoms with van der Waals surface area (Å²) in [6.45, 7) is 6.61. The van der Waals surface area contributed by atoms with Gasteiger partial charge in [-0.25, -0.2) is 0 Å². The number of hydrogen-bond acceptors (Lipinski definition) is 4. The van der Waals surface area contributed by atoms with Crippen LogP contribution in [0.5, 0.6) is 0 Å². The minimum Gasteiger partial charge on any atom is -0.368 e. The number of benzene rings is 1. The van der Waals surface area contributed by atoms with Gasteiger partial charge in [-0.2, -0.15) is 11.8 Å². The van der Waals surface area contributed by atoms with E-state index in [2.05, 4.69) is 57.4 Å². The van der Waals surface area contributed by atoms with Gasteiger partial charge in [0.25, 0.3) is 0 Å². The highest BCUT2D eigenvalue weighted by Gasteiger charge is 2.32. The van der Waals surface area contributed by atoms with Crippen LogP contribution in [0.3, 0.4) is 0 Å². The normalized spacial score (nSPS) is 23.9. The fourth-order valence-corrected chi connectivity index (χ4v) is 4.74. The van der Waals surface area contributed by atoms with Gasteiger partial charge < -0.3 is 15.5 Å². The molecule has 0 saturated carbocycles. The first-order valence-corrected chi connectivity index (χ1v) is 8.89. The zero-order valence-electron chi connectivity index (χ0n) is 12.5. The van der Waals surface area contributed by atoms with E-state index < -0.39 is 0 Å². The van der Waals surface area contributed by atoms with Crippen LogP contribution >= 0.6 is 27.7 Å². The van der Waals surface area contributed by atoms with Crippen molar-refractivity contribution in [3.05, 3.63) is 22.2 Å². The highest BCUT2D eigenvalue weighted by Crippen LogP contribution is 2.41. The first-order chi connectivity index (χ1) is 9.91. The average Bonchev–Trinajstić information content (AvgIpc) is 2.71. The third-order valence-corrected chi connectivity index (χ3v) is 5.94. The SMILES string of the molecule is CNC1C(=O)Nc2cc(N3CCSC(C)(C)C3)c(Br)cc21. The molecule has 1 amide bonds. The summed E-state index contributed by atoms with van der Waals surface area (Å²) >= 11 is 5.70. The van der Waals surface area contributed by atoms with E-state index in [0.29, 0.717) is 0 Å².